The molecule has 1 saturated heterocycles. The lowest BCUT2D eigenvalue weighted by Gasteiger charge is -2.31. The van der Waals surface area contributed by atoms with E-state index in [1.165, 1.54) is 11.3 Å². The van der Waals surface area contributed by atoms with Gasteiger partial charge >= 0.3 is 0 Å². The molecule has 3 heterocycles. The van der Waals surface area contributed by atoms with Crippen LogP contribution in [-0.2, 0) is 4.79 Å². The van der Waals surface area contributed by atoms with E-state index in [-0.39, 0.29) is 22.7 Å². The van der Waals surface area contributed by atoms with E-state index < -0.39 is 0 Å². The van der Waals surface area contributed by atoms with Gasteiger partial charge in [-0.3, -0.25) is 14.7 Å². The normalized spacial score (nSPS) is 21.5. The molecule has 28 heavy (non-hydrogen) atoms. The third-order valence-corrected chi connectivity index (χ3v) is 7.93. The summed E-state index contributed by atoms with van der Waals surface area (Å²) in [5.74, 6) is 1.04. The van der Waals surface area contributed by atoms with Crippen molar-refractivity contribution in [2.75, 3.05) is 18.4 Å². The molecule has 1 saturated carbocycles. The Morgan fingerprint density at radius 3 is 2.46 bits per heavy atom. The predicted octanol–water partition coefficient (Wildman–Crippen LogP) is 3.51. The van der Waals surface area contributed by atoms with Crippen LogP contribution in [0.15, 0.2) is 17.6 Å². The van der Waals surface area contributed by atoms with Gasteiger partial charge in [-0.2, -0.15) is 5.10 Å². The van der Waals surface area contributed by atoms with Crippen molar-refractivity contribution < 1.29 is 9.59 Å². The minimum atomic E-state index is -0.238. The highest BCUT2D eigenvalue weighted by Crippen LogP contribution is 2.68. The summed E-state index contributed by atoms with van der Waals surface area (Å²) in [5.41, 5.74) is 0.579. The average Bonchev–Trinajstić information content (AvgIpc) is 3.19. The first kappa shape index (κ1) is 19.1. The van der Waals surface area contributed by atoms with Crippen LogP contribution in [0.5, 0.6) is 0 Å². The van der Waals surface area contributed by atoms with Crippen molar-refractivity contribution in [3.05, 3.63) is 28.3 Å². The van der Waals surface area contributed by atoms with E-state index in [2.05, 4.69) is 48.2 Å². The minimum Gasteiger partial charge on any atom is -0.342 e. The standard InChI is InChI=1S/C20H27N5O2S/c1-19(2)15(20(19,3)4)18(27)25-9-6-12(7-10-25)17-22-13(11-28-17)16(26)23-14-5-8-21-24-14/h5,8,11-12,15H,6-7,9-10H2,1-4H3,(H2,21,23,24,26). The van der Waals surface area contributed by atoms with E-state index in [1.54, 1.807) is 17.6 Å². The third-order valence-electron chi connectivity index (χ3n) is 6.93. The number of carbonyl (C=O) groups is 2. The van der Waals surface area contributed by atoms with Gasteiger partial charge in [-0.05, 0) is 23.7 Å². The van der Waals surface area contributed by atoms with Crippen molar-refractivity contribution >= 4 is 29.0 Å². The van der Waals surface area contributed by atoms with Crippen LogP contribution >= 0.6 is 11.3 Å². The van der Waals surface area contributed by atoms with E-state index in [9.17, 15) is 9.59 Å². The molecule has 2 aliphatic rings. The lowest BCUT2D eigenvalue weighted by atomic mass is 9.96. The smallest absolute Gasteiger partial charge is 0.276 e. The summed E-state index contributed by atoms with van der Waals surface area (Å²) in [6, 6.07) is 1.69. The first-order valence-electron chi connectivity index (χ1n) is 9.77. The number of rotatable bonds is 4. The number of nitrogens with zero attached hydrogens (tertiary/aromatic N) is 3. The maximum atomic E-state index is 12.9. The topological polar surface area (TPSA) is 91.0 Å². The molecule has 150 valence electrons. The van der Waals surface area contributed by atoms with Gasteiger partial charge in [0.15, 0.2) is 0 Å². The highest BCUT2D eigenvalue weighted by atomic mass is 32.1. The summed E-state index contributed by atoms with van der Waals surface area (Å²) >= 11 is 1.52. The van der Waals surface area contributed by atoms with Crippen LogP contribution in [0.3, 0.4) is 0 Å². The second-order valence-electron chi connectivity index (χ2n) is 8.97. The largest absolute Gasteiger partial charge is 0.342 e. The summed E-state index contributed by atoms with van der Waals surface area (Å²) in [4.78, 5) is 31.8. The number of anilines is 1. The molecular formula is C20H27N5O2S. The van der Waals surface area contributed by atoms with Crippen LogP contribution in [0.2, 0.25) is 0 Å². The molecule has 2 amide bonds. The zero-order valence-corrected chi connectivity index (χ0v) is 17.6. The molecule has 0 radical (unpaired) electrons. The van der Waals surface area contributed by atoms with Gasteiger partial charge in [-0.25, -0.2) is 4.98 Å². The Labute approximate surface area is 168 Å². The van der Waals surface area contributed by atoms with Crippen molar-refractivity contribution in [2.24, 2.45) is 16.7 Å². The maximum absolute atomic E-state index is 12.9. The van der Waals surface area contributed by atoms with Gasteiger partial charge in [0.2, 0.25) is 5.91 Å². The maximum Gasteiger partial charge on any atom is 0.276 e. The number of amides is 2. The summed E-state index contributed by atoms with van der Waals surface area (Å²) < 4.78 is 0. The minimum absolute atomic E-state index is 0.0765. The number of nitrogens with one attached hydrogen (secondary N) is 2. The highest BCUT2D eigenvalue weighted by Gasteiger charge is 2.68. The molecule has 2 aromatic rings. The molecule has 1 aliphatic carbocycles. The number of carbonyl (C=O) groups excluding carboxylic acids is 2. The van der Waals surface area contributed by atoms with Gasteiger partial charge in [0.25, 0.3) is 5.91 Å². The number of hydrogen-bond acceptors (Lipinski definition) is 5. The Morgan fingerprint density at radius 1 is 1.21 bits per heavy atom. The van der Waals surface area contributed by atoms with Crippen molar-refractivity contribution in [3.63, 3.8) is 0 Å². The van der Waals surface area contributed by atoms with Gasteiger partial charge in [-0.15, -0.1) is 11.3 Å². The van der Waals surface area contributed by atoms with Crippen LogP contribution < -0.4 is 5.32 Å². The summed E-state index contributed by atoms with van der Waals surface area (Å²) in [6.45, 7) is 10.3. The molecule has 2 fully saturated rings. The number of H-pyrrole nitrogens is 1. The first-order valence-corrected chi connectivity index (χ1v) is 10.6. The zero-order chi connectivity index (χ0) is 20.1. The molecular weight excluding hydrogens is 374 g/mol. The Hall–Kier alpha value is -2.22. The fraction of sp³-hybridized carbons (Fsp3) is 0.600. The monoisotopic (exact) mass is 401 g/mol. The predicted molar refractivity (Wildman–Crippen MR) is 108 cm³/mol. The van der Waals surface area contributed by atoms with Crippen LogP contribution in [0.1, 0.15) is 62.0 Å². The molecule has 1 aliphatic heterocycles. The number of hydrogen-bond donors (Lipinski definition) is 2. The third kappa shape index (κ3) is 3.13. The Bertz CT molecular complexity index is 864. The van der Waals surface area contributed by atoms with Crippen LogP contribution in [0, 0.1) is 16.7 Å². The summed E-state index contributed by atoms with van der Waals surface area (Å²) in [7, 11) is 0. The quantitative estimate of drug-likeness (QED) is 0.820. The van der Waals surface area contributed by atoms with Crippen molar-refractivity contribution in [1.29, 1.82) is 0 Å². The van der Waals surface area contributed by atoms with Crippen molar-refractivity contribution in [1.82, 2.24) is 20.1 Å². The van der Waals surface area contributed by atoms with Crippen LogP contribution in [0.4, 0.5) is 5.82 Å². The van der Waals surface area contributed by atoms with E-state index in [1.807, 2.05) is 4.90 Å². The molecule has 0 spiro atoms. The number of aromatic nitrogens is 3. The van der Waals surface area contributed by atoms with Crippen molar-refractivity contribution in [2.45, 2.75) is 46.5 Å². The van der Waals surface area contributed by atoms with E-state index >= 15 is 0 Å². The Balaban J connectivity index is 1.34. The summed E-state index contributed by atoms with van der Waals surface area (Å²) in [6.07, 6.45) is 3.38. The highest BCUT2D eigenvalue weighted by molar-refractivity contribution is 7.10. The number of likely N-dealkylation sites (tertiary alicyclic amines) is 1. The fourth-order valence-corrected chi connectivity index (χ4v) is 5.41. The molecule has 7 nitrogen and oxygen atoms in total. The summed E-state index contributed by atoms with van der Waals surface area (Å²) in [5, 5.41) is 12.0. The molecule has 8 heteroatoms. The molecule has 2 aromatic heterocycles. The van der Waals surface area contributed by atoms with E-state index in [0.29, 0.717) is 23.3 Å². The molecule has 0 unspecified atom stereocenters. The zero-order valence-electron chi connectivity index (χ0n) is 16.8. The molecule has 0 atom stereocenters. The average molecular weight is 402 g/mol. The van der Waals surface area contributed by atoms with Crippen molar-refractivity contribution in [3.8, 4) is 0 Å². The van der Waals surface area contributed by atoms with Gasteiger partial charge in [0, 0.05) is 36.4 Å². The number of aromatic amines is 1. The second-order valence-corrected chi connectivity index (χ2v) is 9.86. The van der Waals surface area contributed by atoms with Crippen LogP contribution in [0.25, 0.3) is 0 Å². The SMILES string of the molecule is CC1(C)C(C(=O)N2CCC(c3nc(C(=O)Nc4ccn[nH]4)cs3)CC2)C1(C)C. The molecule has 2 N–H and O–H groups in total. The lowest BCUT2D eigenvalue weighted by molar-refractivity contribution is -0.134. The molecule has 0 bridgehead atoms. The Kier molecular flexibility index (Phi) is 4.56. The molecule has 0 aromatic carbocycles. The Morgan fingerprint density at radius 2 is 1.89 bits per heavy atom. The van der Waals surface area contributed by atoms with E-state index in [4.69, 9.17) is 0 Å². The first-order chi connectivity index (χ1) is 13.2. The molecule has 4 rings (SSSR count). The van der Waals surface area contributed by atoms with Gasteiger partial charge < -0.3 is 10.2 Å². The van der Waals surface area contributed by atoms with Gasteiger partial charge in [0.1, 0.15) is 11.5 Å². The van der Waals surface area contributed by atoms with Gasteiger partial charge in [0.05, 0.1) is 11.2 Å². The fourth-order valence-electron chi connectivity index (χ4n) is 4.43. The lowest BCUT2D eigenvalue weighted by Crippen LogP contribution is -2.39. The van der Waals surface area contributed by atoms with E-state index in [0.717, 1.165) is 30.9 Å². The van der Waals surface area contributed by atoms with Crippen LogP contribution in [-0.4, -0.2) is 45.0 Å². The second kappa shape index (κ2) is 6.69. The van der Waals surface area contributed by atoms with Gasteiger partial charge in [-0.1, -0.05) is 27.7 Å². The number of piperidine rings is 1. The number of thiazole rings is 1.